The highest BCUT2D eigenvalue weighted by Gasteiger charge is 2.35. The van der Waals surface area contributed by atoms with Crippen LogP contribution in [0.25, 0.3) is 10.9 Å². The highest BCUT2D eigenvalue weighted by atomic mass is 16.3. The van der Waals surface area contributed by atoms with Gasteiger partial charge in [-0.1, -0.05) is 6.92 Å². The zero-order valence-electron chi connectivity index (χ0n) is 17.9. The Kier molecular flexibility index (Phi) is 7.45. The molecule has 4 N–H and O–H groups in total. The largest absolute Gasteiger partial charge is 0.483 e. The van der Waals surface area contributed by atoms with E-state index in [0.29, 0.717) is 23.8 Å². The van der Waals surface area contributed by atoms with Gasteiger partial charge in [0.15, 0.2) is 5.69 Å². The number of hydrogen-bond acceptors (Lipinski definition) is 5. The van der Waals surface area contributed by atoms with Crippen molar-refractivity contribution in [1.82, 2.24) is 25.3 Å². The number of nitrogens with zero attached hydrogens (tertiary/aromatic N) is 3. The zero-order chi connectivity index (χ0) is 22.4. The Labute approximate surface area is 181 Å². The third kappa shape index (κ3) is 5.32. The SMILES string of the molecule is CCCNC(=O)Nc1ccc2c(C(=O)N[C@@H]3CN4CCC3CC4)nn(C)c2c1.O=CO. The quantitative estimate of drug-likeness (QED) is 0.534. The normalized spacial score (nSPS) is 21.7. The number of aryl methyl sites for hydroxylation is 1. The fraction of sp³-hybridized carbons (Fsp3) is 0.524. The summed E-state index contributed by atoms with van der Waals surface area (Å²) in [4.78, 5) is 35.6. The monoisotopic (exact) mass is 430 g/mol. The van der Waals surface area contributed by atoms with Gasteiger partial charge in [0.25, 0.3) is 12.4 Å². The minimum Gasteiger partial charge on any atom is -0.483 e. The third-order valence-corrected chi connectivity index (χ3v) is 5.83. The molecule has 4 heterocycles. The predicted molar refractivity (Wildman–Crippen MR) is 117 cm³/mol. The van der Waals surface area contributed by atoms with Crippen LogP contribution in [0.3, 0.4) is 0 Å². The number of rotatable bonds is 5. The number of piperidine rings is 3. The lowest BCUT2D eigenvalue weighted by Gasteiger charge is -2.44. The van der Waals surface area contributed by atoms with E-state index >= 15 is 0 Å². The first-order valence-corrected chi connectivity index (χ1v) is 10.6. The lowest BCUT2D eigenvalue weighted by molar-refractivity contribution is -0.122. The molecule has 1 atom stereocenters. The van der Waals surface area contributed by atoms with Crippen LogP contribution in [0.15, 0.2) is 18.2 Å². The lowest BCUT2D eigenvalue weighted by Crippen LogP contribution is -2.57. The number of amides is 3. The van der Waals surface area contributed by atoms with Crippen molar-refractivity contribution >= 4 is 35.0 Å². The molecule has 3 aliphatic rings. The van der Waals surface area contributed by atoms with Crippen molar-refractivity contribution in [2.75, 3.05) is 31.5 Å². The maximum absolute atomic E-state index is 12.9. The average molecular weight is 431 g/mol. The number of nitrogens with one attached hydrogen (secondary N) is 3. The highest BCUT2D eigenvalue weighted by Crippen LogP contribution is 2.28. The van der Waals surface area contributed by atoms with E-state index in [1.165, 1.54) is 0 Å². The molecule has 1 aromatic carbocycles. The Morgan fingerprint density at radius 3 is 2.61 bits per heavy atom. The number of carboxylic acid groups (broad SMARTS) is 1. The van der Waals surface area contributed by atoms with E-state index in [2.05, 4.69) is 25.9 Å². The van der Waals surface area contributed by atoms with E-state index in [4.69, 9.17) is 9.90 Å². The van der Waals surface area contributed by atoms with Crippen LogP contribution in [0.2, 0.25) is 0 Å². The maximum atomic E-state index is 12.9. The maximum Gasteiger partial charge on any atom is 0.319 e. The Morgan fingerprint density at radius 2 is 2.00 bits per heavy atom. The second kappa shape index (κ2) is 10.3. The molecule has 3 fully saturated rings. The van der Waals surface area contributed by atoms with Crippen LogP contribution in [0.5, 0.6) is 0 Å². The number of hydrogen-bond donors (Lipinski definition) is 4. The summed E-state index contributed by atoms with van der Waals surface area (Å²) in [7, 11) is 1.81. The molecule has 10 nitrogen and oxygen atoms in total. The number of urea groups is 1. The molecule has 3 saturated heterocycles. The Bertz CT molecular complexity index is 935. The lowest BCUT2D eigenvalue weighted by atomic mass is 9.84. The number of benzene rings is 1. The van der Waals surface area contributed by atoms with Crippen LogP contribution in [-0.4, -0.2) is 70.4 Å². The number of aromatic nitrogens is 2. The fourth-order valence-electron chi connectivity index (χ4n) is 4.28. The van der Waals surface area contributed by atoms with Gasteiger partial charge in [-0.15, -0.1) is 0 Å². The van der Waals surface area contributed by atoms with Crippen LogP contribution < -0.4 is 16.0 Å². The van der Waals surface area contributed by atoms with Gasteiger partial charge < -0.3 is 26.0 Å². The van der Waals surface area contributed by atoms with Gasteiger partial charge >= 0.3 is 6.03 Å². The number of carbonyl (C=O) groups is 3. The van der Waals surface area contributed by atoms with E-state index in [1.54, 1.807) is 10.7 Å². The molecule has 2 bridgehead atoms. The van der Waals surface area contributed by atoms with Gasteiger partial charge in [-0.25, -0.2) is 4.79 Å². The molecule has 0 radical (unpaired) electrons. The molecule has 1 aromatic heterocycles. The van der Waals surface area contributed by atoms with Gasteiger partial charge in [0.2, 0.25) is 0 Å². The number of carbonyl (C=O) groups excluding carboxylic acids is 2. The summed E-state index contributed by atoms with van der Waals surface area (Å²) >= 11 is 0. The van der Waals surface area contributed by atoms with Crippen LogP contribution in [0.4, 0.5) is 10.5 Å². The van der Waals surface area contributed by atoms with Gasteiger partial charge in [0, 0.05) is 37.3 Å². The molecule has 3 amide bonds. The number of fused-ring (bicyclic) bond motifs is 4. The van der Waals surface area contributed by atoms with Crippen molar-refractivity contribution in [2.24, 2.45) is 13.0 Å². The van der Waals surface area contributed by atoms with Crippen molar-refractivity contribution in [3.63, 3.8) is 0 Å². The van der Waals surface area contributed by atoms with Gasteiger partial charge in [-0.05, 0) is 56.5 Å². The second-order valence-electron chi connectivity index (χ2n) is 7.91. The molecule has 0 unspecified atom stereocenters. The third-order valence-electron chi connectivity index (χ3n) is 5.83. The van der Waals surface area contributed by atoms with E-state index < -0.39 is 0 Å². The van der Waals surface area contributed by atoms with E-state index in [-0.39, 0.29) is 24.5 Å². The summed E-state index contributed by atoms with van der Waals surface area (Å²) in [5.74, 6) is 0.451. The summed E-state index contributed by atoms with van der Waals surface area (Å²) < 4.78 is 1.69. The minimum absolute atomic E-state index is 0.120. The first-order valence-electron chi connectivity index (χ1n) is 10.6. The van der Waals surface area contributed by atoms with Crippen LogP contribution in [0, 0.1) is 5.92 Å². The Hall–Kier alpha value is -3.14. The molecule has 0 spiro atoms. The van der Waals surface area contributed by atoms with Crippen molar-refractivity contribution in [2.45, 2.75) is 32.2 Å². The summed E-state index contributed by atoms with van der Waals surface area (Å²) in [6.07, 6.45) is 3.19. The molecular formula is C21H30N6O4. The van der Waals surface area contributed by atoms with Crippen molar-refractivity contribution in [3.8, 4) is 0 Å². The fourth-order valence-corrected chi connectivity index (χ4v) is 4.28. The Balaban J connectivity index is 0.000000858. The molecule has 3 aliphatic heterocycles. The summed E-state index contributed by atoms with van der Waals surface area (Å²) in [6, 6.07) is 5.47. The Morgan fingerprint density at radius 1 is 1.29 bits per heavy atom. The number of anilines is 1. The average Bonchev–Trinajstić information content (AvgIpc) is 3.10. The van der Waals surface area contributed by atoms with E-state index in [9.17, 15) is 9.59 Å². The van der Waals surface area contributed by atoms with Crippen LogP contribution >= 0.6 is 0 Å². The van der Waals surface area contributed by atoms with Crippen molar-refractivity contribution in [1.29, 1.82) is 0 Å². The van der Waals surface area contributed by atoms with Gasteiger partial charge in [-0.3, -0.25) is 14.3 Å². The molecule has 10 heteroatoms. The van der Waals surface area contributed by atoms with Gasteiger partial charge in [-0.2, -0.15) is 5.10 Å². The first-order chi connectivity index (χ1) is 15.0. The van der Waals surface area contributed by atoms with Crippen molar-refractivity contribution < 1.29 is 19.5 Å². The minimum atomic E-state index is -0.250. The molecule has 2 aromatic rings. The van der Waals surface area contributed by atoms with E-state index in [1.807, 2.05) is 26.1 Å². The molecule has 5 rings (SSSR count). The zero-order valence-corrected chi connectivity index (χ0v) is 17.9. The predicted octanol–water partition coefficient (Wildman–Crippen LogP) is 1.63. The van der Waals surface area contributed by atoms with Gasteiger partial charge in [0.1, 0.15) is 0 Å². The van der Waals surface area contributed by atoms with E-state index in [0.717, 1.165) is 49.8 Å². The second-order valence-corrected chi connectivity index (χ2v) is 7.91. The highest BCUT2D eigenvalue weighted by molar-refractivity contribution is 6.06. The molecule has 31 heavy (non-hydrogen) atoms. The standard InChI is InChI=1S/C20H28N6O2.CH2O2/c1-3-8-21-20(28)22-14-4-5-15-17(11-14)25(2)24-18(15)19(27)23-16-12-26-9-6-13(16)7-10-26;2-1-3/h4-5,11,13,16H,3,6-10,12H2,1-2H3,(H,23,27)(H2,21,22,28);1H,(H,2,3)/t16-;/m1./s1. The first kappa shape index (κ1) is 22.5. The summed E-state index contributed by atoms with van der Waals surface area (Å²) in [5.41, 5.74) is 1.93. The van der Waals surface area contributed by atoms with Crippen LogP contribution in [0.1, 0.15) is 36.7 Å². The van der Waals surface area contributed by atoms with Crippen LogP contribution in [-0.2, 0) is 11.8 Å². The van der Waals surface area contributed by atoms with Gasteiger partial charge in [0.05, 0.1) is 5.52 Å². The summed E-state index contributed by atoms with van der Waals surface area (Å²) in [5, 5.41) is 20.9. The van der Waals surface area contributed by atoms with Crippen molar-refractivity contribution in [3.05, 3.63) is 23.9 Å². The molecule has 0 aliphatic carbocycles. The summed E-state index contributed by atoms with van der Waals surface area (Å²) in [6.45, 7) is 5.60. The molecule has 0 saturated carbocycles. The smallest absolute Gasteiger partial charge is 0.319 e. The topological polar surface area (TPSA) is 129 Å². The molecule has 168 valence electrons. The molecular weight excluding hydrogens is 400 g/mol.